The number of aryl methyl sites for hydroxylation is 1. The van der Waals surface area contributed by atoms with Crippen LogP contribution < -0.4 is 5.32 Å². The maximum Gasteiger partial charge on any atom is 0.253 e. The van der Waals surface area contributed by atoms with Gasteiger partial charge in [-0.25, -0.2) is 0 Å². The molecular weight excluding hydrogens is 350 g/mol. The summed E-state index contributed by atoms with van der Waals surface area (Å²) in [5, 5.41) is 2.85. The zero-order valence-electron chi connectivity index (χ0n) is 17.2. The predicted molar refractivity (Wildman–Crippen MR) is 114 cm³/mol. The summed E-state index contributed by atoms with van der Waals surface area (Å²) in [6, 6.07) is 9.80. The molecule has 0 atom stereocenters. The molecule has 1 heterocycles. The van der Waals surface area contributed by atoms with Crippen molar-refractivity contribution in [2.75, 3.05) is 18.4 Å². The lowest BCUT2D eigenvalue weighted by Crippen LogP contribution is -2.30. The van der Waals surface area contributed by atoms with Crippen LogP contribution in [0.25, 0.3) is 6.08 Å². The molecule has 148 valence electrons. The second-order valence-corrected chi connectivity index (χ2v) is 7.31. The first-order valence-electron chi connectivity index (χ1n) is 10.0. The van der Waals surface area contributed by atoms with Crippen LogP contribution in [0.3, 0.4) is 0 Å². The van der Waals surface area contributed by atoms with Gasteiger partial charge in [-0.2, -0.15) is 0 Å². The van der Waals surface area contributed by atoms with Crippen molar-refractivity contribution in [1.29, 1.82) is 0 Å². The number of carbonyl (C=O) groups is 2. The lowest BCUT2D eigenvalue weighted by molar-refractivity contribution is -0.111. The van der Waals surface area contributed by atoms with E-state index in [9.17, 15) is 9.59 Å². The van der Waals surface area contributed by atoms with Gasteiger partial charge in [0.05, 0.1) is 0 Å². The Hall–Kier alpha value is -2.82. The van der Waals surface area contributed by atoms with Gasteiger partial charge < -0.3 is 14.8 Å². The Morgan fingerprint density at radius 1 is 1.14 bits per heavy atom. The average Bonchev–Trinajstić information content (AvgIpc) is 3.47. The molecular formula is C23H29N3O2. The summed E-state index contributed by atoms with van der Waals surface area (Å²) >= 11 is 0. The Labute approximate surface area is 167 Å². The van der Waals surface area contributed by atoms with Crippen LogP contribution in [0.5, 0.6) is 0 Å². The van der Waals surface area contributed by atoms with Crippen molar-refractivity contribution in [1.82, 2.24) is 9.47 Å². The number of amides is 2. The summed E-state index contributed by atoms with van der Waals surface area (Å²) in [6.45, 7) is 9.51. The number of benzene rings is 1. The van der Waals surface area contributed by atoms with Crippen LogP contribution in [0.1, 0.15) is 60.0 Å². The molecule has 5 nitrogen and oxygen atoms in total. The number of anilines is 1. The van der Waals surface area contributed by atoms with E-state index in [1.807, 2.05) is 19.9 Å². The van der Waals surface area contributed by atoms with Gasteiger partial charge >= 0.3 is 0 Å². The molecule has 1 fully saturated rings. The molecule has 1 aromatic heterocycles. The Balaban J connectivity index is 1.63. The van der Waals surface area contributed by atoms with Gasteiger partial charge in [0.15, 0.2) is 0 Å². The normalized spacial score (nSPS) is 13.7. The number of aromatic nitrogens is 1. The number of carbonyl (C=O) groups excluding carboxylic acids is 2. The maximum absolute atomic E-state index is 12.3. The summed E-state index contributed by atoms with van der Waals surface area (Å²) in [5.74, 6) is -0.173. The van der Waals surface area contributed by atoms with Crippen molar-refractivity contribution in [3.05, 3.63) is 58.9 Å². The van der Waals surface area contributed by atoms with Crippen LogP contribution >= 0.6 is 0 Å². The number of hydrogen-bond acceptors (Lipinski definition) is 2. The Morgan fingerprint density at radius 3 is 2.36 bits per heavy atom. The fourth-order valence-electron chi connectivity index (χ4n) is 3.60. The molecule has 1 aliphatic rings. The molecule has 3 rings (SSSR count). The topological polar surface area (TPSA) is 54.3 Å². The van der Waals surface area contributed by atoms with Gasteiger partial charge in [0, 0.05) is 47.8 Å². The summed E-state index contributed by atoms with van der Waals surface area (Å²) < 4.78 is 2.36. The SMILES string of the molecule is CCN(CC)C(=O)c1ccc(NC(=O)/C=C/c2cc(C)n(C3CC3)c2C)cc1. The predicted octanol–water partition coefficient (Wildman–Crippen LogP) is 4.57. The molecule has 1 aliphatic carbocycles. The van der Waals surface area contributed by atoms with Gasteiger partial charge in [-0.3, -0.25) is 9.59 Å². The van der Waals surface area contributed by atoms with E-state index in [-0.39, 0.29) is 11.8 Å². The van der Waals surface area contributed by atoms with Crippen LogP contribution in [0.2, 0.25) is 0 Å². The molecule has 1 N–H and O–H groups in total. The van der Waals surface area contributed by atoms with Crippen LogP contribution in [-0.2, 0) is 4.79 Å². The number of hydrogen-bond donors (Lipinski definition) is 1. The summed E-state index contributed by atoms with van der Waals surface area (Å²) in [7, 11) is 0. The third-order valence-electron chi connectivity index (χ3n) is 5.30. The Kier molecular flexibility index (Phi) is 6.02. The monoisotopic (exact) mass is 379 g/mol. The molecule has 0 saturated heterocycles. The average molecular weight is 380 g/mol. The highest BCUT2D eigenvalue weighted by Crippen LogP contribution is 2.38. The first-order valence-corrected chi connectivity index (χ1v) is 10.0. The van der Waals surface area contributed by atoms with E-state index in [1.54, 1.807) is 35.2 Å². The molecule has 0 radical (unpaired) electrons. The standard InChI is InChI=1S/C23H29N3O2/c1-5-25(6-2)23(28)18-7-10-20(11-8-18)24-22(27)14-9-19-15-16(3)26(17(19)4)21-12-13-21/h7-11,14-15,21H,5-6,12-13H2,1-4H3,(H,24,27)/b14-9+. The van der Waals surface area contributed by atoms with Gasteiger partial charge in [-0.1, -0.05) is 0 Å². The van der Waals surface area contributed by atoms with Gasteiger partial charge in [-0.05, 0) is 82.5 Å². The van der Waals surface area contributed by atoms with E-state index >= 15 is 0 Å². The summed E-state index contributed by atoms with van der Waals surface area (Å²) in [4.78, 5) is 26.4. The third-order valence-corrected chi connectivity index (χ3v) is 5.30. The number of nitrogens with one attached hydrogen (secondary N) is 1. The highest BCUT2D eigenvalue weighted by Gasteiger charge is 2.26. The van der Waals surface area contributed by atoms with Crippen molar-refractivity contribution >= 4 is 23.6 Å². The van der Waals surface area contributed by atoms with E-state index in [4.69, 9.17) is 0 Å². The first-order chi connectivity index (χ1) is 13.4. The zero-order chi connectivity index (χ0) is 20.3. The lowest BCUT2D eigenvalue weighted by atomic mass is 10.1. The van der Waals surface area contributed by atoms with Crippen molar-refractivity contribution < 1.29 is 9.59 Å². The molecule has 1 saturated carbocycles. The molecule has 0 spiro atoms. The highest BCUT2D eigenvalue weighted by molar-refractivity contribution is 6.02. The van der Waals surface area contributed by atoms with Crippen molar-refractivity contribution in [3.8, 4) is 0 Å². The van der Waals surface area contributed by atoms with E-state index in [1.165, 1.54) is 24.2 Å². The molecule has 0 bridgehead atoms. The molecule has 0 aliphatic heterocycles. The zero-order valence-corrected chi connectivity index (χ0v) is 17.2. The third kappa shape index (κ3) is 4.35. The fourth-order valence-corrected chi connectivity index (χ4v) is 3.60. The van der Waals surface area contributed by atoms with E-state index < -0.39 is 0 Å². The molecule has 2 amide bonds. The van der Waals surface area contributed by atoms with E-state index in [0.717, 1.165) is 5.56 Å². The molecule has 1 aromatic carbocycles. The van der Waals surface area contributed by atoms with Gasteiger partial charge in [0.2, 0.25) is 5.91 Å². The Morgan fingerprint density at radius 2 is 1.79 bits per heavy atom. The van der Waals surface area contributed by atoms with Crippen LogP contribution in [0.15, 0.2) is 36.4 Å². The maximum atomic E-state index is 12.3. The minimum absolute atomic E-state index is 0.00814. The summed E-state index contributed by atoms with van der Waals surface area (Å²) in [6.07, 6.45) is 5.92. The van der Waals surface area contributed by atoms with Gasteiger partial charge in [0.25, 0.3) is 5.91 Å². The van der Waals surface area contributed by atoms with Crippen molar-refractivity contribution in [2.45, 2.75) is 46.6 Å². The molecule has 28 heavy (non-hydrogen) atoms. The van der Waals surface area contributed by atoms with Crippen molar-refractivity contribution in [3.63, 3.8) is 0 Å². The minimum atomic E-state index is -0.181. The smallest absolute Gasteiger partial charge is 0.253 e. The molecule has 2 aromatic rings. The van der Waals surface area contributed by atoms with Crippen LogP contribution in [0.4, 0.5) is 5.69 Å². The fraction of sp³-hybridized carbons (Fsp3) is 0.391. The van der Waals surface area contributed by atoms with Gasteiger partial charge in [0.1, 0.15) is 0 Å². The second kappa shape index (κ2) is 8.46. The van der Waals surface area contributed by atoms with Crippen molar-refractivity contribution in [2.24, 2.45) is 0 Å². The number of nitrogens with zero attached hydrogens (tertiary/aromatic N) is 2. The number of rotatable bonds is 7. The molecule has 5 heteroatoms. The largest absolute Gasteiger partial charge is 0.346 e. The Bertz CT molecular complexity index is 885. The second-order valence-electron chi connectivity index (χ2n) is 7.31. The lowest BCUT2D eigenvalue weighted by Gasteiger charge is -2.18. The molecule has 0 unspecified atom stereocenters. The van der Waals surface area contributed by atoms with Crippen LogP contribution in [-0.4, -0.2) is 34.4 Å². The van der Waals surface area contributed by atoms with Crippen LogP contribution in [0, 0.1) is 13.8 Å². The minimum Gasteiger partial charge on any atom is -0.346 e. The summed E-state index contributed by atoms with van der Waals surface area (Å²) in [5.41, 5.74) is 4.84. The van der Waals surface area contributed by atoms with E-state index in [2.05, 4.69) is 29.8 Å². The quantitative estimate of drug-likeness (QED) is 0.716. The highest BCUT2D eigenvalue weighted by atomic mass is 16.2. The van der Waals surface area contributed by atoms with E-state index in [0.29, 0.717) is 30.4 Å². The first kappa shape index (κ1) is 19.9. The van der Waals surface area contributed by atoms with Gasteiger partial charge in [-0.15, -0.1) is 0 Å².